The Kier molecular flexibility index (Phi) is 4.71. The standard InChI is InChI=1S/C19H25N5/c1-2-6-16(7-3-1)18-14-20-10-13-24(18)15-17-8-9-21-19(22-17)23-11-4-5-12-23/h1-3,6-9,18,20H,4-5,10-15H2. The quantitative estimate of drug-likeness (QED) is 0.935. The van der Waals surface area contributed by atoms with Crippen LogP contribution in [0.2, 0.25) is 0 Å². The number of anilines is 1. The fourth-order valence-electron chi connectivity index (χ4n) is 3.69. The molecule has 24 heavy (non-hydrogen) atoms. The molecule has 1 aromatic carbocycles. The molecule has 5 nitrogen and oxygen atoms in total. The second kappa shape index (κ2) is 7.28. The number of benzene rings is 1. The fraction of sp³-hybridized carbons (Fsp3) is 0.474. The van der Waals surface area contributed by atoms with Gasteiger partial charge in [0.1, 0.15) is 0 Å². The van der Waals surface area contributed by atoms with Crippen LogP contribution in [0.15, 0.2) is 42.6 Å². The predicted octanol–water partition coefficient (Wildman–Crippen LogP) is 2.22. The number of hydrogen-bond acceptors (Lipinski definition) is 5. The zero-order valence-corrected chi connectivity index (χ0v) is 14.1. The topological polar surface area (TPSA) is 44.3 Å². The first-order valence-electron chi connectivity index (χ1n) is 8.97. The molecule has 1 unspecified atom stereocenters. The Hall–Kier alpha value is -1.98. The van der Waals surface area contributed by atoms with Crippen molar-refractivity contribution in [2.45, 2.75) is 25.4 Å². The van der Waals surface area contributed by atoms with Gasteiger partial charge >= 0.3 is 0 Å². The normalized spacial score (nSPS) is 22.0. The number of aromatic nitrogens is 2. The lowest BCUT2D eigenvalue weighted by molar-refractivity contribution is 0.152. The molecular weight excluding hydrogens is 298 g/mol. The minimum Gasteiger partial charge on any atom is -0.341 e. The smallest absolute Gasteiger partial charge is 0.225 e. The van der Waals surface area contributed by atoms with E-state index in [4.69, 9.17) is 4.98 Å². The van der Waals surface area contributed by atoms with Crippen molar-refractivity contribution < 1.29 is 0 Å². The van der Waals surface area contributed by atoms with Crippen molar-refractivity contribution in [3.8, 4) is 0 Å². The van der Waals surface area contributed by atoms with Crippen molar-refractivity contribution in [1.82, 2.24) is 20.2 Å². The van der Waals surface area contributed by atoms with E-state index in [9.17, 15) is 0 Å². The molecule has 1 atom stereocenters. The minimum absolute atomic E-state index is 0.408. The molecule has 0 radical (unpaired) electrons. The molecule has 1 N–H and O–H groups in total. The first kappa shape index (κ1) is 15.5. The summed E-state index contributed by atoms with van der Waals surface area (Å²) in [5.41, 5.74) is 2.49. The molecule has 0 amide bonds. The predicted molar refractivity (Wildman–Crippen MR) is 95.9 cm³/mol. The van der Waals surface area contributed by atoms with E-state index in [0.29, 0.717) is 6.04 Å². The maximum atomic E-state index is 4.83. The number of hydrogen-bond donors (Lipinski definition) is 1. The zero-order chi connectivity index (χ0) is 16.2. The summed E-state index contributed by atoms with van der Waals surface area (Å²) >= 11 is 0. The Morgan fingerprint density at radius 1 is 1.04 bits per heavy atom. The Balaban J connectivity index is 1.51. The number of nitrogens with zero attached hydrogens (tertiary/aromatic N) is 4. The van der Waals surface area contributed by atoms with Crippen LogP contribution in [-0.2, 0) is 6.54 Å². The van der Waals surface area contributed by atoms with Crippen LogP contribution in [0, 0.1) is 0 Å². The molecule has 1 aromatic heterocycles. The third kappa shape index (κ3) is 3.42. The largest absolute Gasteiger partial charge is 0.341 e. The van der Waals surface area contributed by atoms with Crippen LogP contribution >= 0.6 is 0 Å². The van der Waals surface area contributed by atoms with E-state index in [-0.39, 0.29) is 0 Å². The molecule has 2 fully saturated rings. The third-order valence-electron chi connectivity index (χ3n) is 4.99. The second-order valence-electron chi connectivity index (χ2n) is 6.64. The first-order valence-corrected chi connectivity index (χ1v) is 8.97. The van der Waals surface area contributed by atoms with Gasteiger partial charge in [-0.2, -0.15) is 0 Å². The van der Waals surface area contributed by atoms with Gasteiger partial charge in [0, 0.05) is 51.5 Å². The third-order valence-corrected chi connectivity index (χ3v) is 4.99. The molecule has 0 aliphatic carbocycles. The van der Waals surface area contributed by atoms with Crippen molar-refractivity contribution in [3.05, 3.63) is 53.9 Å². The maximum absolute atomic E-state index is 4.83. The highest BCUT2D eigenvalue weighted by Gasteiger charge is 2.24. The Labute approximate surface area is 143 Å². The average Bonchev–Trinajstić information content (AvgIpc) is 3.18. The second-order valence-corrected chi connectivity index (χ2v) is 6.64. The summed E-state index contributed by atoms with van der Waals surface area (Å²) in [7, 11) is 0. The molecule has 5 heteroatoms. The van der Waals surface area contributed by atoms with Crippen LogP contribution in [0.5, 0.6) is 0 Å². The Morgan fingerprint density at radius 2 is 1.88 bits per heavy atom. The van der Waals surface area contributed by atoms with Gasteiger partial charge in [0.25, 0.3) is 0 Å². The van der Waals surface area contributed by atoms with Crippen LogP contribution in [-0.4, -0.2) is 47.6 Å². The lowest BCUT2D eigenvalue weighted by atomic mass is 10.0. The van der Waals surface area contributed by atoms with Crippen LogP contribution in [0.4, 0.5) is 5.95 Å². The number of piperazine rings is 1. The summed E-state index contributed by atoms with van der Waals surface area (Å²) in [6.07, 6.45) is 4.42. The summed E-state index contributed by atoms with van der Waals surface area (Å²) in [5, 5.41) is 3.52. The molecule has 2 aliphatic rings. The molecule has 2 aliphatic heterocycles. The van der Waals surface area contributed by atoms with Crippen LogP contribution < -0.4 is 10.2 Å². The molecule has 126 valence electrons. The molecule has 2 saturated heterocycles. The van der Waals surface area contributed by atoms with Crippen LogP contribution in [0.3, 0.4) is 0 Å². The van der Waals surface area contributed by atoms with E-state index in [1.54, 1.807) is 0 Å². The van der Waals surface area contributed by atoms with E-state index in [1.165, 1.54) is 18.4 Å². The Bertz CT molecular complexity index is 654. The SMILES string of the molecule is c1ccc(C2CNCCN2Cc2ccnc(N3CCCC3)n2)cc1. The summed E-state index contributed by atoms with van der Waals surface area (Å²) in [6, 6.07) is 13.2. The summed E-state index contributed by atoms with van der Waals surface area (Å²) in [6.45, 7) is 6.13. The minimum atomic E-state index is 0.408. The average molecular weight is 323 g/mol. The van der Waals surface area contributed by atoms with Crippen molar-refractivity contribution in [1.29, 1.82) is 0 Å². The lowest BCUT2D eigenvalue weighted by Gasteiger charge is -2.36. The first-order chi connectivity index (χ1) is 11.9. The van der Waals surface area contributed by atoms with Crippen LogP contribution in [0.1, 0.15) is 30.1 Å². The molecule has 0 spiro atoms. The van der Waals surface area contributed by atoms with Gasteiger partial charge in [-0.25, -0.2) is 9.97 Å². The van der Waals surface area contributed by atoms with Gasteiger partial charge in [-0.1, -0.05) is 30.3 Å². The maximum Gasteiger partial charge on any atom is 0.225 e. The number of rotatable bonds is 4. The van der Waals surface area contributed by atoms with E-state index in [0.717, 1.165) is 50.9 Å². The Morgan fingerprint density at radius 3 is 2.71 bits per heavy atom. The molecule has 0 saturated carbocycles. The van der Waals surface area contributed by atoms with Crippen molar-refractivity contribution in [3.63, 3.8) is 0 Å². The van der Waals surface area contributed by atoms with Crippen molar-refractivity contribution in [2.75, 3.05) is 37.6 Å². The van der Waals surface area contributed by atoms with Gasteiger partial charge in [-0.3, -0.25) is 4.90 Å². The fourth-order valence-corrected chi connectivity index (χ4v) is 3.69. The van der Waals surface area contributed by atoms with Crippen LogP contribution in [0.25, 0.3) is 0 Å². The molecule has 3 heterocycles. The molecule has 4 rings (SSSR count). The van der Waals surface area contributed by atoms with E-state index in [1.807, 2.05) is 6.20 Å². The van der Waals surface area contributed by atoms with Crippen molar-refractivity contribution in [2.24, 2.45) is 0 Å². The zero-order valence-electron chi connectivity index (χ0n) is 14.1. The van der Waals surface area contributed by atoms with Gasteiger partial charge in [0.15, 0.2) is 0 Å². The highest BCUT2D eigenvalue weighted by Crippen LogP contribution is 2.24. The molecule has 0 bridgehead atoms. The monoisotopic (exact) mass is 323 g/mol. The molecule has 2 aromatic rings. The van der Waals surface area contributed by atoms with Crippen molar-refractivity contribution >= 4 is 5.95 Å². The van der Waals surface area contributed by atoms with Gasteiger partial charge in [0.2, 0.25) is 5.95 Å². The van der Waals surface area contributed by atoms with E-state index in [2.05, 4.69) is 56.5 Å². The van der Waals surface area contributed by atoms with Gasteiger partial charge < -0.3 is 10.2 Å². The summed E-state index contributed by atoms with van der Waals surface area (Å²) in [4.78, 5) is 14.1. The number of nitrogens with one attached hydrogen (secondary N) is 1. The van der Waals surface area contributed by atoms with E-state index < -0.39 is 0 Å². The van der Waals surface area contributed by atoms with Gasteiger partial charge in [-0.15, -0.1) is 0 Å². The highest BCUT2D eigenvalue weighted by atomic mass is 15.3. The summed E-state index contributed by atoms with van der Waals surface area (Å²) in [5.74, 6) is 0.899. The van der Waals surface area contributed by atoms with E-state index >= 15 is 0 Å². The lowest BCUT2D eigenvalue weighted by Crippen LogP contribution is -2.45. The summed E-state index contributed by atoms with van der Waals surface area (Å²) < 4.78 is 0. The van der Waals surface area contributed by atoms with Gasteiger partial charge in [-0.05, 0) is 24.5 Å². The van der Waals surface area contributed by atoms with Gasteiger partial charge in [0.05, 0.1) is 5.69 Å². The molecular formula is C19H25N5. The highest BCUT2D eigenvalue weighted by molar-refractivity contribution is 5.31.